The Labute approximate surface area is 49.3 Å². The van der Waals surface area contributed by atoms with Gasteiger partial charge < -0.3 is 9.79 Å². The van der Waals surface area contributed by atoms with Crippen molar-refractivity contribution in [1.82, 2.24) is 0 Å². The molecule has 0 radical (unpaired) electrons. The maximum Gasteiger partial charge on any atom is 0.329 e. The van der Waals surface area contributed by atoms with Crippen LogP contribution >= 0.6 is 18.1 Å². The number of hydrogen-bond acceptors (Lipinski definition) is 3. The van der Waals surface area contributed by atoms with Gasteiger partial charge in [-0.25, -0.2) is 0 Å². The monoisotopic (exact) mass is 172 g/mol. The van der Waals surface area contributed by atoms with Crippen molar-refractivity contribution in [1.29, 1.82) is 0 Å². The van der Waals surface area contributed by atoms with Crippen LogP contribution in [0.1, 0.15) is 0 Å². The van der Waals surface area contributed by atoms with E-state index in [2.05, 4.69) is 4.31 Å². The Kier molecular flexibility index (Phi) is 10.7. The first kappa shape index (κ1) is 10.3. The minimum atomic E-state index is -2.14. The maximum atomic E-state index is 7.74. The van der Waals surface area contributed by atoms with Gasteiger partial charge in [0.25, 0.3) is 0 Å². The minimum Gasteiger partial charge on any atom is -0.328 e. The van der Waals surface area contributed by atoms with Gasteiger partial charge in [-0.05, 0) is 0 Å². The van der Waals surface area contributed by atoms with Gasteiger partial charge in [-0.15, -0.1) is 0 Å². The molecule has 0 rings (SSSR count). The minimum absolute atomic E-state index is 0. The molecule has 6 heavy (non-hydrogen) atoms. The van der Waals surface area contributed by atoms with Gasteiger partial charge in [0.15, 0.2) is 0 Å². The second kappa shape index (κ2) is 6.23. The quantitative estimate of drug-likeness (QED) is 0.433. The molecule has 0 saturated carbocycles. The molecule has 6 heteroatoms. The molecule has 0 aromatic rings. The van der Waals surface area contributed by atoms with Crippen molar-refractivity contribution >= 4 is 18.1 Å². The average molecular weight is 173 g/mol. The average Bonchev–Trinajstić information content (AvgIpc) is 1.38. The van der Waals surface area contributed by atoms with Gasteiger partial charge in [0.1, 0.15) is 0 Å². The summed E-state index contributed by atoms with van der Waals surface area (Å²) in [5, 5.41) is 0. The first-order valence-electron chi connectivity index (χ1n) is 0.818. The van der Waals surface area contributed by atoms with E-state index in [9.17, 15) is 0 Å². The summed E-state index contributed by atoms with van der Waals surface area (Å²) in [5.41, 5.74) is 0. The van der Waals surface area contributed by atoms with Crippen LogP contribution in [0.3, 0.4) is 0 Å². The summed E-state index contributed by atoms with van der Waals surface area (Å²) < 4.78 is 3.84. The summed E-state index contributed by atoms with van der Waals surface area (Å²) >= 11 is 0. The summed E-state index contributed by atoms with van der Waals surface area (Å²) in [5.74, 6) is 0. The van der Waals surface area contributed by atoms with Gasteiger partial charge in [0.05, 0.1) is 0 Å². The van der Waals surface area contributed by atoms with Crippen molar-refractivity contribution in [3.63, 3.8) is 0 Å². The van der Waals surface area contributed by atoms with E-state index < -0.39 is 8.60 Å². The largest absolute Gasteiger partial charge is 0.329 e. The topological polar surface area (TPSA) is 49.7 Å². The van der Waals surface area contributed by atoms with Crippen LogP contribution in [-0.4, -0.2) is 9.79 Å². The van der Waals surface area contributed by atoms with Crippen molar-refractivity contribution < 1.29 is 30.6 Å². The Bertz CT molecular complexity index is 22.8. The Hall–Kier alpha value is 1.23. The summed E-state index contributed by atoms with van der Waals surface area (Å²) in [7, 11) is -0.412. The van der Waals surface area contributed by atoms with E-state index in [1.165, 1.54) is 0 Å². The molecule has 0 spiro atoms. The van der Waals surface area contributed by atoms with Crippen LogP contribution in [0.25, 0.3) is 0 Å². The summed E-state index contributed by atoms with van der Waals surface area (Å²) in [4.78, 5) is 15.5. The third-order valence-corrected chi connectivity index (χ3v) is 0.849. The van der Waals surface area contributed by atoms with Gasteiger partial charge in [-0.3, -0.25) is 4.31 Å². The molecule has 1 atom stereocenters. The van der Waals surface area contributed by atoms with Gasteiger partial charge in [0.2, 0.25) is 0 Å². The van der Waals surface area contributed by atoms with E-state index in [1.54, 1.807) is 9.47 Å². The Morgan fingerprint density at radius 1 is 1.50 bits per heavy atom. The standard InChI is InChI=1S/Ni.H4O3P2/c;1-5(2)3-4/h;1-2H,4H2. The Balaban J connectivity index is 0. The molecule has 0 aromatic carbocycles. The summed E-state index contributed by atoms with van der Waals surface area (Å²) in [6, 6.07) is 0. The molecule has 0 heterocycles. The summed E-state index contributed by atoms with van der Waals surface area (Å²) in [6.07, 6.45) is 0. The molecule has 0 aliphatic carbocycles. The number of rotatable bonds is 1. The number of hydrogen-bond donors (Lipinski definition) is 2. The Morgan fingerprint density at radius 3 is 1.67 bits per heavy atom. The first-order chi connectivity index (χ1) is 2.27. The zero-order valence-electron chi connectivity index (χ0n) is 2.64. The van der Waals surface area contributed by atoms with Crippen LogP contribution in [0.15, 0.2) is 0 Å². The second-order valence-electron chi connectivity index (χ2n) is 0.358. The zero-order chi connectivity index (χ0) is 4.28. The van der Waals surface area contributed by atoms with Crippen LogP contribution in [-0.2, 0) is 20.8 Å². The van der Waals surface area contributed by atoms with E-state index in [0.717, 1.165) is 0 Å². The smallest absolute Gasteiger partial charge is 0.328 e. The Morgan fingerprint density at radius 2 is 1.67 bits per heavy atom. The van der Waals surface area contributed by atoms with Crippen molar-refractivity contribution in [2.24, 2.45) is 0 Å². The van der Waals surface area contributed by atoms with E-state index in [-0.39, 0.29) is 16.5 Å². The van der Waals surface area contributed by atoms with E-state index in [1.807, 2.05) is 0 Å². The van der Waals surface area contributed by atoms with Gasteiger partial charge in [-0.2, -0.15) is 0 Å². The van der Waals surface area contributed by atoms with E-state index in [4.69, 9.17) is 9.79 Å². The summed E-state index contributed by atoms with van der Waals surface area (Å²) in [6.45, 7) is 0. The fourth-order valence-corrected chi connectivity index (χ4v) is 0. The zero-order valence-corrected chi connectivity index (χ0v) is 5.68. The second-order valence-corrected chi connectivity index (χ2v) is 1.71. The maximum absolute atomic E-state index is 7.74. The molecular weight excluding hydrogens is 169 g/mol. The molecule has 0 aromatic heterocycles. The molecule has 42 valence electrons. The molecule has 0 fully saturated rings. The van der Waals surface area contributed by atoms with Gasteiger partial charge >= 0.3 is 8.60 Å². The molecule has 2 N–H and O–H groups in total. The molecular formula is H4NiO3P2. The third kappa shape index (κ3) is 8.97. The van der Waals surface area contributed by atoms with Crippen molar-refractivity contribution in [3.8, 4) is 0 Å². The predicted octanol–water partition coefficient (Wildman–Crippen LogP) is 0.00210. The van der Waals surface area contributed by atoms with E-state index in [0.29, 0.717) is 0 Å². The van der Waals surface area contributed by atoms with Crippen LogP contribution in [0.2, 0.25) is 0 Å². The van der Waals surface area contributed by atoms with Gasteiger partial charge in [0, 0.05) is 26.0 Å². The predicted molar refractivity (Wildman–Crippen MR) is 22.2 cm³/mol. The molecule has 3 nitrogen and oxygen atoms in total. The van der Waals surface area contributed by atoms with Crippen molar-refractivity contribution in [3.05, 3.63) is 0 Å². The van der Waals surface area contributed by atoms with Crippen molar-refractivity contribution in [2.75, 3.05) is 0 Å². The van der Waals surface area contributed by atoms with Crippen molar-refractivity contribution in [2.45, 2.75) is 0 Å². The molecule has 0 saturated heterocycles. The third-order valence-electron chi connectivity index (χ3n) is 0.0943. The molecule has 0 amide bonds. The fourth-order valence-electron chi connectivity index (χ4n) is 0. The van der Waals surface area contributed by atoms with Gasteiger partial charge in [-0.1, -0.05) is 0 Å². The fraction of sp³-hybridized carbons (Fsp3) is 0. The first-order valence-corrected chi connectivity index (χ1v) is 2.45. The molecule has 0 aliphatic heterocycles. The van der Waals surface area contributed by atoms with E-state index >= 15 is 0 Å². The molecule has 0 aliphatic rings. The molecule has 1 unspecified atom stereocenters. The van der Waals surface area contributed by atoms with Crippen LogP contribution in [0.4, 0.5) is 0 Å². The normalized spacial score (nSPS) is 8.00. The SMILES string of the molecule is OP(O)OP.[Ni]. The molecule has 0 bridgehead atoms. The van der Waals surface area contributed by atoms with Crippen LogP contribution < -0.4 is 0 Å². The van der Waals surface area contributed by atoms with Crippen LogP contribution in [0.5, 0.6) is 0 Å². The van der Waals surface area contributed by atoms with Crippen LogP contribution in [0, 0.1) is 0 Å².